The van der Waals surface area contributed by atoms with Crippen LogP contribution in [0.25, 0.3) is 0 Å². The van der Waals surface area contributed by atoms with Gasteiger partial charge in [0.25, 0.3) is 0 Å². The molecule has 0 aliphatic heterocycles. The van der Waals surface area contributed by atoms with E-state index < -0.39 is 5.92 Å². The number of aryl methyl sites for hydroxylation is 1. The third-order valence-corrected chi connectivity index (χ3v) is 5.65. The molecule has 17 heavy (non-hydrogen) atoms. The van der Waals surface area contributed by atoms with E-state index in [1.807, 2.05) is 12.3 Å². The molecule has 1 aromatic rings. The van der Waals surface area contributed by atoms with Crippen LogP contribution in [0.4, 0.5) is 8.78 Å². The van der Waals surface area contributed by atoms with E-state index in [9.17, 15) is 8.78 Å². The second kappa shape index (κ2) is 4.48. The van der Waals surface area contributed by atoms with Gasteiger partial charge in [-0.25, -0.2) is 8.78 Å². The van der Waals surface area contributed by atoms with Gasteiger partial charge in [0.1, 0.15) is 0 Å². The zero-order valence-corrected chi connectivity index (χ0v) is 11.3. The number of rotatable bonds is 2. The third kappa shape index (κ3) is 2.35. The van der Waals surface area contributed by atoms with Crippen LogP contribution in [0.1, 0.15) is 36.1 Å². The van der Waals surface area contributed by atoms with Gasteiger partial charge in [-0.2, -0.15) is 0 Å². The topological polar surface area (TPSA) is 26.0 Å². The maximum absolute atomic E-state index is 13.2. The van der Waals surface area contributed by atoms with E-state index in [1.54, 1.807) is 11.3 Å². The van der Waals surface area contributed by atoms with Crippen LogP contribution in [0.3, 0.4) is 0 Å². The summed E-state index contributed by atoms with van der Waals surface area (Å²) in [6, 6.07) is 0. The number of alkyl halides is 2. The molecule has 1 nitrogen and oxygen atoms in total. The SMILES string of the molecule is Cc1csc(C2(CN)CCC(F)(F)CC2)c1Cl. The van der Waals surface area contributed by atoms with Gasteiger partial charge in [-0.15, -0.1) is 11.3 Å². The van der Waals surface area contributed by atoms with Gasteiger partial charge in [0.15, 0.2) is 0 Å². The summed E-state index contributed by atoms with van der Waals surface area (Å²) in [5, 5.41) is 2.69. The van der Waals surface area contributed by atoms with Crippen molar-refractivity contribution >= 4 is 22.9 Å². The summed E-state index contributed by atoms with van der Waals surface area (Å²) in [5.41, 5.74) is 6.52. The predicted molar refractivity (Wildman–Crippen MR) is 68.2 cm³/mol. The molecule has 0 bridgehead atoms. The Hall–Kier alpha value is -0.190. The van der Waals surface area contributed by atoms with Crippen LogP contribution >= 0.6 is 22.9 Å². The molecule has 0 atom stereocenters. The monoisotopic (exact) mass is 279 g/mol. The fourth-order valence-corrected chi connectivity index (χ4v) is 4.07. The van der Waals surface area contributed by atoms with E-state index in [2.05, 4.69) is 0 Å². The van der Waals surface area contributed by atoms with Crippen LogP contribution in [0.2, 0.25) is 5.02 Å². The number of hydrogen-bond donors (Lipinski definition) is 1. The molecule has 0 amide bonds. The minimum atomic E-state index is -2.53. The van der Waals surface area contributed by atoms with Crippen LogP contribution < -0.4 is 5.73 Å². The molecule has 1 heterocycles. The van der Waals surface area contributed by atoms with Crippen molar-refractivity contribution in [3.8, 4) is 0 Å². The Kier molecular flexibility index (Phi) is 3.49. The largest absolute Gasteiger partial charge is 0.330 e. The molecule has 1 aliphatic rings. The Bertz CT molecular complexity index is 407. The standard InChI is InChI=1S/C12H16ClF2NS/c1-8-6-17-10(9(8)13)11(7-16)2-4-12(14,15)5-3-11/h6H,2-5,7,16H2,1H3. The van der Waals surface area contributed by atoms with Crippen molar-refractivity contribution in [1.82, 2.24) is 0 Å². The zero-order valence-electron chi connectivity index (χ0n) is 9.73. The second-order valence-corrected chi connectivity index (χ2v) is 6.16. The van der Waals surface area contributed by atoms with Gasteiger partial charge in [0.2, 0.25) is 5.92 Å². The van der Waals surface area contributed by atoms with E-state index in [-0.39, 0.29) is 18.3 Å². The van der Waals surface area contributed by atoms with Crippen molar-refractivity contribution in [3.05, 3.63) is 20.8 Å². The van der Waals surface area contributed by atoms with Gasteiger partial charge in [0, 0.05) is 29.7 Å². The van der Waals surface area contributed by atoms with Gasteiger partial charge in [-0.3, -0.25) is 0 Å². The molecule has 96 valence electrons. The average molecular weight is 280 g/mol. The Morgan fingerprint density at radius 2 is 1.94 bits per heavy atom. The lowest BCUT2D eigenvalue weighted by Gasteiger charge is -2.39. The van der Waals surface area contributed by atoms with Gasteiger partial charge >= 0.3 is 0 Å². The average Bonchev–Trinajstić information content (AvgIpc) is 2.62. The van der Waals surface area contributed by atoms with Gasteiger partial charge in [-0.1, -0.05) is 11.6 Å². The van der Waals surface area contributed by atoms with Crippen molar-refractivity contribution in [2.45, 2.75) is 43.9 Å². The van der Waals surface area contributed by atoms with Crippen molar-refractivity contribution < 1.29 is 8.78 Å². The van der Waals surface area contributed by atoms with Gasteiger partial charge in [-0.05, 0) is 30.7 Å². The second-order valence-electron chi connectivity index (χ2n) is 4.90. The summed E-state index contributed by atoms with van der Waals surface area (Å²) in [5.74, 6) is -2.53. The number of thiophene rings is 1. The van der Waals surface area contributed by atoms with E-state index >= 15 is 0 Å². The molecular formula is C12H16ClF2NS. The lowest BCUT2D eigenvalue weighted by molar-refractivity contribution is -0.0504. The summed E-state index contributed by atoms with van der Waals surface area (Å²) in [7, 11) is 0. The van der Waals surface area contributed by atoms with E-state index in [1.165, 1.54) is 0 Å². The Morgan fingerprint density at radius 1 is 1.35 bits per heavy atom. The summed E-state index contributed by atoms with van der Waals surface area (Å²) in [4.78, 5) is 0.995. The van der Waals surface area contributed by atoms with Crippen molar-refractivity contribution in [2.24, 2.45) is 5.73 Å². The summed E-state index contributed by atoms with van der Waals surface area (Å²) in [6.07, 6.45) is 0.682. The molecule has 5 heteroatoms. The zero-order chi connectivity index (χ0) is 12.7. The van der Waals surface area contributed by atoms with Crippen molar-refractivity contribution in [1.29, 1.82) is 0 Å². The molecule has 1 saturated carbocycles. The smallest absolute Gasteiger partial charge is 0.248 e. The summed E-state index contributed by atoms with van der Waals surface area (Å²) in [6.45, 7) is 2.33. The van der Waals surface area contributed by atoms with Crippen molar-refractivity contribution in [3.63, 3.8) is 0 Å². The van der Waals surface area contributed by atoms with E-state index in [4.69, 9.17) is 17.3 Å². The first kappa shape index (κ1) is 13.2. The Balaban J connectivity index is 2.31. The summed E-state index contributed by atoms with van der Waals surface area (Å²) < 4.78 is 26.5. The highest BCUT2D eigenvalue weighted by molar-refractivity contribution is 7.11. The van der Waals surface area contributed by atoms with Crippen LogP contribution in [0, 0.1) is 6.92 Å². The maximum Gasteiger partial charge on any atom is 0.248 e. The van der Waals surface area contributed by atoms with Gasteiger partial charge < -0.3 is 5.73 Å². The Labute approximate surface area is 109 Å². The third-order valence-electron chi connectivity index (χ3n) is 3.71. The predicted octanol–water partition coefficient (Wildman–Crippen LogP) is 4.12. The molecule has 0 aromatic carbocycles. The fourth-order valence-electron chi connectivity index (χ4n) is 2.41. The summed E-state index contributed by atoms with van der Waals surface area (Å²) >= 11 is 7.80. The highest BCUT2D eigenvalue weighted by Crippen LogP contribution is 2.49. The van der Waals surface area contributed by atoms with Crippen LogP contribution in [-0.4, -0.2) is 12.5 Å². The molecule has 1 aromatic heterocycles. The first-order valence-corrected chi connectivity index (χ1v) is 6.98. The number of halogens is 3. The van der Waals surface area contributed by atoms with Crippen LogP contribution in [-0.2, 0) is 5.41 Å². The molecule has 1 aliphatic carbocycles. The first-order valence-electron chi connectivity index (χ1n) is 5.72. The molecule has 0 saturated heterocycles. The molecular weight excluding hydrogens is 264 g/mol. The van der Waals surface area contributed by atoms with Gasteiger partial charge in [0.05, 0.1) is 5.02 Å². The fraction of sp³-hybridized carbons (Fsp3) is 0.667. The molecule has 2 rings (SSSR count). The number of nitrogens with two attached hydrogens (primary N) is 1. The highest BCUT2D eigenvalue weighted by atomic mass is 35.5. The molecule has 1 fully saturated rings. The minimum Gasteiger partial charge on any atom is -0.330 e. The maximum atomic E-state index is 13.2. The van der Waals surface area contributed by atoms with Crippen LogP contribution in [0.15, 0.2) is 5.38 Å². The lowest BCUT2D eigenvalue weighted by atomic mass is 9.71. The molecule has 0 radical (unpaired) electrons. The number of hydrogen-bond acceptors (Lipinski definition) is 2. The molecule has 0 spiro atoms. The normalized spacial score (nSPS) is 22.6. The quantitative estimate of drug-likeness (QED) is 0.866. The van der Waals surface area contributed by atoms with E-state index in [0.717, 1.165) is 10.4 Å². The van der Waals surface area contributed by atoms with Crippen molar-refractivity contribution in [2.75, 3.05) is 6.54 Å². The molecule has 2 N–H and O–H groups in total. The first-order chi connectivity index (χ1) is 7.90. The van der Waals surface area contributed by atoms with E-state index in [0.29, 0.717) is 24.4 Å². The van der Waals surface area contributed by atoms with Crippen LogP contribution in [0.5, 0.6) is 0 Å². The Morgan fingerprint density at radius 3 is 2.35 bits per heavy atom. The lowest BCUT2D eigenvalue weighted by Crippen LogP contribution is -2.41. The highest BCUT2D eigenvalue weighted by Gasteiger charge is 2.45. The molecule has 0 unspecified atom stereocenters. The minimum absolute atomic E-state index is 0.0858.